The first-order valence-electron chi connectivity index (χ1n) is 8.27. The number of rotatable bonds is 4. The standard InChI is InChI=1S/C23H19OS/c1-24-20-14-12-19-17-23(15-13-18(19)16-20)25(21-8-4-2-5-9-21)22-10-6-3-7-11-22/h2-17H,1H3/q+1. The quantitative estimate of drug-likeness (QED) is 0.416. The number of fused-ring (bicyclic) bond motifs is 1. The van der Waals surface area contributed by atoms with Gasteiger partial charge in [-0.3, -0.25) is 0 Å². The summed E-state index contributed by atoms with van der Waals surface area (Å²) in [6.07, 6.45) is 0. The molecule has 0 bridgehead atoms. The molecule has 0 saturated carbocycles. The van der Waals surface area contributed by atoms with E-state index in [9.17, 15) is 0 Å². The molecule has 0 saturated heterocycles. The Balaban J connectivity index is 1.86. The van der Waals surface area contributed by atoms with Crippen LogP contribution in [0.25, 0.3) is 10.8 Å². The van der Waals surface area contributed by atoms with E-state index in [0.717, 1.165) is 5.75 Å². The summed E-state index contributed by atoms with van der Waals surface area (Å²) in [5.74, 6) is 0.894. The maximum absolute atomic E-state index is 5.34. The maximum Gasteiger partial charge on any atom is 0.167 e. The highest BCUT2D eigenvalue weighted by molar-refractivity contribution is 7.97. The van der Waals surface area contributed by atoms with E-state index in [1.165, 1.54) is 25.5 Å². The lowest BCUT2D eigenvalue weighted by molar-refractivity contribution is 0.415. The minimum absolute atomic E-state index is 0.109. The molecule has 25 heavy (non-hydrogen) atoms. The van der Waals surface area contributed by atoms with Crippen molar-refractivity contribution >= 4 is 21.7 Å². The highest BCUT2D eigenvalue weighted by Gasteiger charge is 2.28. The van der Waals surface area contributed by atoms with Crippen molar-refractivity contribution in [3.8, 4) is 5.75 Å². The molecule has 0 spiro atoms. The van der Waals surface area contributed by atoms with E-state index >= 15 is 0 Å². The van der Waals surface area contributed by atoms with Crippen molar-refractivity contribution in [1.29, 1.82) is 0 Å². The van der Waals surface area contributed by atoms with Crippen molar-refractivity contribution in [2.24, 2.45) is 0 Å². The van der Waals surface area contributed by atoms with Gasteiger partial charge in [0.25, 0.3) is 0 Å². The van der Waals surface area contributed by atoms with Crippen LogP contribution >= 0.6 is 0 Å². The second-order valence-electron chi connectivity index (χ2n) is 5.81. The smallest absolute Gasteiger partial charge is 0.167 e. The van der Waals surface area contributed by atoms with Crippen molar-refractivity contribution in [3.63, 3.8) is 0 Å². The molecule has 0 heterocycles. The molecule has 0 N–H and O–H groups in total. The van der Waals surface area contributed by atoms with Crippen molar-refractivity contribution in [2.45, 2.75) is 14.7 Å². The van der Waals surface area contributed by atoms with Crippen LogP contribution in [0.2, 0.25) is 0 Å². The summed E-state index contributed by atoms with van der Waals surface area (Å²) in [5, 5.41) is 2.44. The van der Waals surface area contributed by atoms with Crippen LogP contribution in [0.3, 0.4) is 0 Å². The average molecular weight is 343 g/mol. The molecule has 0 atom stereocenters. The average Bonchev–Trinajstić information content (AvgIpc) is 2.69. The van der Waals surface area contributed by atoms with Gasteiger partial charge < -0.3 is 4.74 Å². The highest BCUT2D eigenvalue weighted by Crippen LogP contribution is 2.33. The molecule has 0 amide bonds. The van der Waals surface area contributed by atoms with Crippen molar-refractivity contribution in [1.82, 2.24) is 0 Å². The van der Waals surface area contributed by atoms with E-state index in [1.54, 1.807) is 7.11 Å². The van der Waals surface area contributed by atoms with E-state index < -0.39 is 0 Å². The fourth-order valence-electron chi connectivity index (χ4n) is 2.98. The molecule has 0 aliphatic heterocycles. The third kappa shape index (κ3) is 3.26. The molecule has 4 aromatic rings. The monoisotopic (exact) mass is 343 g/mol. The molecule has 0 aliphatic carbocycles. The predicted molar refractivity (Wildman–Crippen MR) is 106 cm³/mol. The number of hydrogen-bond donors (Lipinski definition) is 0. The normalized spacial score (nSPS) is 11.0. The fourth-order valence-corrected chi connectivity index (χ4v) is 5.10. The molecule has 2 heteroatoms. The fraction of sp³-hybridized carbons (Fsp3) is 0.0435. The minimum atomic E-state index is -0.109. The summed E-state index contributed by atoms with van der Waals surface area (Å²) >= 11 is 0. The van der Waals surface area contributed by atoms with Gasteiger partial charge in [0.05, 0.1) is 18.0 Å². The summed E-state index contributed by atoms with van der Waals surface area (Å²) in [4.78, 5) is 4.00. The molecular weight excluding hydrogens is 324 g/mol. The largest absolute Gasteiger partial charge is 0.497 e. The van der Waals surface area contributed by atoms with Crippen LogP contribution in [0.15, 0.2) is 112 Å². The Morgan fingerprint density at radius 3 is 1.72 bits per heavy atom. The molecule has 0 radical (unpaired) electrons. The molecule has 0 fully saturated rings. The van der Waals surface area contributed by atoms with Crippen LogP contribution in [0, 0.1) is 0 Å². The van der Waals surface area contributed by atoms with Crippen LogP contribution in [0.4, 0.5) is 0 Å². The lowest BCUT2D eigenvalue weighted by Gasteiger charge is -2.09. The summed E-state index contributed by atoms with van der Waals surface area (Å²) in [7, 11) is 1.60. The zero-order chi connectivity index (χ0) is 17.1. The molecule has 0 aliphatic rings. The van der Waals surface area contributed by atoms with E-state index in [-0.39, 0.29) is 10.9 Å². The van der Waals surface area contributed by atoms with Crippen LogP contribution in [0.1, 0.15) is 0 Å². The van der Waals surface area contributed by atoms with Crippen LogP contribution in [0.5, 0.6) is 5.75 Å². The third-order valence-electron chi connectivity index (χ3n) is 4.21. The minimum Gasteiger partial charge on any atom is -0.497 e. The molecule has 0 aromatic heterocycles. The van der Waals surface area contributed by atoms with Gasteiger partial charge in [0.15, 0.2) is 14.7 Å². The first-order valence-corrected chi connectivity index (χ1v) is 9.50. The number of methoxy groups -OCH3 is 1. The Labute approximate surface area is 151 Å². The van der Waals surface area contributed by atoms with Gasteiger partial charge in [0.2, 0.25) is 0 Å². The second kappa shape index (κ2) is 7.04. The zero-order valence-corrected chi connectivity index (χ0v) is 14.9. The third-order valence-corrected chi connectivity index (χ3v) is 6.42. The van der Waals surface area contributed by atoms with Gasteiger partial charge in [-0.1, -0.05) is 42.5 Å². The first kappa shape index (κ1) is 15.8. The van der Waals surface area contributed by atoms with Crippen LogP contribution < -0.4 is 4.74 Å². The zero-order valence-electron chi connectivity index (χ0n) is 14.1. The first-order chi connectivity index (χ1) is 12.3. The summed E-state index contributed by atoms with van der Waals surface area (Å²) in [5.41, 5.74) is 0. The van der Waals surface area contributed by atoms with Crippen molar-refractivity contribution in [2.75, 3.05) is 7.11 Å². The Bertz CT molecular complexity index is 941. The maximum atomic E-state index is 5.34. The number of hydrogen-bond acceptors (Lipinski definition) is 1. The van der Waals surface area contributed by atoms with Gasteiger partial charge in [-0.25, -0.2) is 0 Å². The van der Waals surface area contributed by atoms with Gasteiger partial charge in [-0.15, -0.1) is 0 Å². The topological polar surface area (TPSA) is 9.23 Å². The molecule has 4 aromatic carbocycles. The van der Waals surface area contributed by atoms with Gasteiger partial charge in [-0.2, -0.15) is 0 Å². The Kier molecular flexibility index (Phi) is 4.45. The lowest BCUT2D eigenvalue weighted by Crippen LogP contribution is -2.04. The number of benzene rings is 4. The lowest BCUT2D eigenvalue weighted by atomic mass is 10.1. The summed E-state index contributed by atoms with van der Waals surface area (Å²) < 4.78 is 5.34. The van der Waals surface area contributed by atoms with Gasteiger partial charge in [-0.05, 0) is 59.3 Å². The van der Waals surface area contributed by atoms with E-state index in [0.29, 0.717) is 0 Å². The van der Waals surface area contributed by atoms with Crippen molar-refractivity contribution < 1.29 is 4.74 Å². The summed E-state index contributed by atoms with van der Waals surface area (Å²) in [6.45, 7) is 0. The summed E-state index contributed by atoms with van der Waals surface area (Å²) in [6, 6.07) is 34.5. The van der Waals surface area contributed by atoms with Crippen LogP contribution in [-0.2, 0) is 10.9 Å². The predicted octanol–water partition coefficient (Wildman–Crippen LogP) is 5.94. The van der Waals surface area contributed by atoms with Crippen molar-refractivity contribution in [3.05, 3.63) is 97.1 Å². The van der Waals surface area contributed by atoms with Gasteiger partial charge in [0, 0.05) is 6.07 Å². The highest BCUT2D eigenvalue weighted by atomic mass is 32.2. The second-order valence-corrected chi connectivity index (χ2v) is 7.83. The number of ether oxygens (including phenoxy) is 1. The molecule has 4 rings (SSSR count). The Morgan fingerprint density at radius 2 is 1.12 bits per heavy atom. The van der Waals surface area contributed by atoms with E-state index in [2.05, 4.69) is 91.0 Å². The Morgan fingerprint density at radius 1 is 0.560 bits per heavy atom. The van der Waals surface area contributed by atoms with Crippen LogP contribution in [-0.4, -0.2) is 7.11 Å². The van der Waals surface area contributed by atoms with E-state index in [1.807, 2.05) is 6.07 Å². The molecule has 1 nitrogen and oxygen atoms in total. The molecule has 0 unspecified atom stereocenters. The van der Waals surface area contributed by atoms with Gasteiger partial charge in [0.1, 0.15) is 5.75 Å². The Hall–Kier alpha value is -2.71. The SMILES string of the molecule is COc1ccc2cc([S+](c3ccccc3)c3ccccc3)ccc2c1. The molecule has 122 valence electrons. The molecular formula is C23H19OS+. The van der Waals surface area contributed by atoms with E-state index in [4.69, 9.17) is 4.74 Å². The van der Waals surface area contributed by atoms with Gasteiger partial charge >= 0.3 is 0 Å².